The van der Waals surface area contributed by atoms with Gasteiger partial charge >= 0.3 is 0 Å². The van der Waals surface area contributed by atoms with Crippen molar-refractivity contribution in [2.45, 2.75) is 37.8 Å². The summed E-state index contributed by atoms with van der Waals surface area (Å²) >= 11 is 0. The summed E-state index contributed by atoms with van der Waals surface area (Å²) in [4.78, 5) is 0. The van der Waals surface area contributed by atoms with Crippen molar-refractivity contribution in [3.63, 3.8) is 0 Å². The van der Waals surface area contributed by atoms with Gasteiger partial charge in [0.2, 0.25) is 0 Å². The van der Waals surface area contributed by atoms with Crippen LogP contribution in [0.1, 0.15) is 43.0 Å². The van der Waals surface area contributed by atoms with Crippen LogP contribution in [-0.4, -0.2) is 21.3 Å². The summed E-state index contributed by atoms with van der Waals surface area (Å²) in [6, 6.07) is -0.241. The van der Waals surface area contributed by atoms with E-state index < -0.39 is 6.10 Å². The van der Waals surface area contributed by atoms with Gasteiger partial charge in [0, 0.05) is 23.2 Å². The molecule has 72 valence electrons. The van der Waals surface area contributed by atoms with Crippen molar-refractivity contribution in [3.05, 3.63) is 17.5 Å². The molecule has 4 N–H and O–H groups in total. The Labute approximate surface area is 77.1 Å². The van der Waals surface area contributed by atoms with Crippen molar-refractivity contribution >= 4 is 0 Å². The standard InChI is InChI=1S/C9H15N3O/c1-5(10)9(13)7-4-11-12-8(7)6-2-3-6/h4-6,9,13H,2-3,10H2,1H3,(H,11,12). The van der Waals surface area contributed by atoms with Gasteiger partial charge < -0.3 is 10.8 Å². The number of H-pyrrole nitrogens is 1. The smallest absolute Gasteiger partial charge is 0.0971 e. The van der Waals surface area contributed by atoms with Gasteiger partial charge in [0.05, 0.1) is 12.3 Å². The van der Waals surface area contributed by atoms with Gasteiger partial charge in [-0.15, -0.1) is 0 Å². The van der Waals surface area contributed by atoms with Gasteiger partial charge in [-0.25, -0.2) is 0 Å². The molecule has 0 amide bonds. The second-order valence-corrected chi connectivity index (χ2v) is 3.82. The molecule has 4 nitrogen and oxygen atoms in total. The van der Waals surface area contributed by atoms with Gasteiger partial charge in [0.25, 0.3) is 0 Å². The molecule has 1 aromatic heterocycles. The molecule has 1 aliphatic carbocycles. The Bertz CT molecular complexity index is 291. The van der Waals surface area contributed by atoms with E-state index in [0.29, 0.717) is 5.92 Å². The largest absolute Gasteiger partial charge is 0.387 e. The summed E-state index contributed by atoms with van der Waals surface area (Å²) in [5.41, 5.74) is 7.57. The minimum absolute atomic E-state index is 0.241. The molecule has 0 bridgehead atoms. The summed E-state index contributed by atoms with van der Waals surface area (Å²) in [7, 11) is 0. The molecule has 1 fully saturated rings. The SMILES string of the molecule is CC(N)C(O)c1cn[nH]c1C1CC1. The van der Waals surface area contributed by atoms with Crippen LogP contribution in [0.25, 0.3) is 0 Å². The lowest BCUT2D eigenvalue weighted by Crippen LogP contribution is -2.24. The Morgan fingerprint density at radius 1 is 1.69 bits per heavy atom. The fourth-order valence-corrected chi connectivity index (χ4v) is 1.52. The average molecular weight is 181 g/mol. The Hall–Kier alpha value is -0.870. The number of aromatic amines is 1. The molecule has 0 radical (unpaired) electrons. The van der Waals surface area contributed by atoms with Crippen molar-refractivity contribution < 1.29 is 5.11 Å². The number of aliphatic hydroxyl groups is 1. The number of aromatic nitrogens is 2. The molecule has 1 aromatic rings. The Balaban J connectivity index is 2.22. The van der Waals surface area contributed by atoms with Gasteiger partial charge in [0.15, 0.2) is 0 Å². The van der Waals surface area contributed by atoms with E-state index in [0.717, 1.165) is 11.3 Å². The van der Waals surface area contributed by atoms with Crippen LogP contribution < -0.4 is 5.73 Å². The van der Waals surface area contributed by atoms with Crippen molar-refractivity contribution in [1.82, 2.24) is 10.2 Å². The number of nitrogens with one attached hydrogen (secondary N) is 1. The molecule has 2 atom stereocenters. The molecular formula is C9H15N3O. The highest BCUT2D eigenvalue weighted by molar-refractivity contribution is 5.27. The highest BCUT2D eigenvalue weighted by Gasteiger charge is 2.30. The van der Waals surface area contributed by atoms with E-state index in [4.69, 9.17) is 5.73 Å². The lowest BCUT2D eigenvalue weighted by Gasteiger charge is -2.14. The van der Waals surface area contributed by atoms with Crippen LogP contribution in [0.15, 0.2) is 6.20 Å². The summed E-state index contributed by atoms with van der Waals surface area (Å²) < 4.78 is 0. The number of aliphatic hydroxyl groups excluding tert-OH is 1. The maximum absolute atomic E-state index is 9.76. The third kappa shape index (κ3) is 1.59. The van der Waals surface area contributed by atoms with Gasteiger partial charge in [-0.1, -0.05) is 0 Å². The van der Waals surface area contributed by atoms with E-state index in [9.17, 15) is 5.11 Å². The van der Waals surface area contributed by atoms with Crippen LogP contribution in [0, 0.1) is 0 Å². The predicted octanol–water partition coefficient (Wildman–Crippen LogP) is 0.668. The van der Waals surface area contributed by atoms with Crippen LogP contribution in [-0.2, 0) is 0 Å². The van der Waals surface area contributed by atoms with Crippen LogP contribution in [0.4, 0.5) is 0 Å². The van der Waals surface area contributed by atoms with Crippen molar-refractivity contribution in [2.24, 2.45) is 5.73 Å². The number of nitrogens with two attached hydrogens (primary N) is 1. The fourth-order valence-electron chi connectivity index (χ4n) is 1.52. The van der Waals surface area contributed by atoms with E-state index in [1.54, 1.807) is 13.1 Å². The maximum atomic E-state index is 9.76. The zero-order valence-electron chi connectivity index (χ0n) is 7.70. The lowest BCUT2D eigenvalue weighted by atomic mass is 10.0. The van der Waals surface area contributed by atoms with Gasteiger partial charge in [-0.2, -0.15) is 5.10 Å². The molecule has 0 aliphatic heterocycles. The van der Waals surface area contributed by atoms with Crippen LogP contribution >= 0.6 is 0 Å². The molecule has 2 rings (SSSR count). The van der Waals surface area contributed by atoms with Crippen molar-refractivity contribution in [1.29, 1.82) is 0 Å². The Kier molecular flexibility index (Phi) is 2.09. The van der Waals surface area contributed by atoms with Crippen molar-refractivity contribution in [2.75, 3.05) is 0 Å². The zero-order chi connectivity index (χ0) is 9.42. The zero-order valence-corrected chi connectivity index (χ0v) is 7.70. The van der Waals surface area contributed by atoms with Crippen LogP contribution in [0.3, 0.4) is 0 Å². The lowest BCUT2D eigenvalue weighted by molar-refractivity contribution is 0.152. The maximum Gasteiger partial charge on any atom is 0.0971 e. The highest BCUT2D eigenvalue weighted by atomic mass is 16.3. The van der Waals surface area contributed by atoms with Crippen LogP contribution in [0.2, 0.25) is 0 Å². The first-order valence-corrected chi connectivity index (χ1v) is 4.67. The summed E-state index contributed by atoms with van der Waals surface area (Å²) in [6.45, 7) is 1.80. The molecule has 2 unspecified atom stereocenters. The number of hydrogen-bond donors (Lipinski definition) is 3. The van der Waals surface area contributed by atoms with Gasteiger partial charge in [-0.3, -0.25) is 5.10 Å². The highest BCUT2D eigenvalue weighted by Crippen LogP contribution is 2.41. The van der Waals surface area contributed by atoms with Crippen LogP contribution in [0.5, 0.6) is 0 Å². The first-order valence-electron chi connectivity index (χ1n) is 4.67. The Morgan fingerprint density at radius 2 is 2.38 bits per heavy atom. The monoisotopic (exact) mass is 181 g/mol. The molecule has 0 saturated heterocycles. The van der Waals surface area contributed by atoms with Gasteiger partial charge in [-0.05, 0) is 19.8 Å². The second-order valence-electron chi connectivity index (χ2n) is 3.82. The van der Waals surface area contributed by atoms with E-state index in [-0.39, 0.29) is 6.04 Å². The average Bonchev–Trinajstić information content (AvgIpc) is 2.83. The normalized spacial score (nSPS) is 21.5. The topological polar surface area (TPSA) is 74.9 Å². The molecule has 1 aliphatic rings. The minimum atomic E-state index is -0.589. The fraction of sp³-hybridized carbons (Fsp3) is 0.667. The first kappa shape index (κ1) is 8.72. The quantitative estimate of drug-likeness (QED) is 0.641. The van der Waals surface area contributed by atoms with E-state index >= 15 is 0 Å². The predicted molar refractivity (Wildman–Crippen MR) is 49.2 cm³/mol. The third-order valence-corrected chi connectivity index (χ3v) is 2.50. The Morgan fingerprint density at radius 3 is 2.92 bits per heavy atom. The van der Waals surface area contributed by atoms with Gasteiger partial charge in [0.1, 0.15) is 0 Å². The molecule has 1 heterocycles. The molecule has 4 heteroatoms. The summed E-state index contributed by atoms with van der Waals surface area (Å²) in [5.74, 6) is 0.575. The third-order valence-electron chi connectivity index (χ3n) is 2.50. The second kappa shape index (κ2) is 3.12. The van der Waals surface area contributed by atoms with Crippen molar-refractivity contribution in [3.8, 4) is 0 Å². The van der Waals surface area contributed by atoms with E-state index in [1.807, 2.05) is 0 Å². The molecule has 13 heavy (non-hydrogen) atoms. The van der Waals surface area contributed by atoms with E-state index in [1.165, 1.54) is 12.8 Å². The summed E-state index contributed by atoms with van der Waals surface area (Å²) in [6.07, 6.45) is 3.48. The number of nitrogens with zero attached hydrogens (tertiary/aromatic N) is 1. The first-order chi connectivity index (χ1) is 6.20. The summed E-state index contributed by atoms with van der Waals surface area (Å²) in [5, 5.41) is 16.6. The molecule has 0 spiro atoms. The molecule has 0 aromatic carbocycles. The van der Waals surface area contributed by atoms with E-state index in [2.05, 4.69) is 10.2 Å². The minimum Gasteiger partial charge on any atom is -0.387 e. The number of rotatable bonds is 3. The molecular weight excluding hydrogens is 166 g/mol. The molecule has 1 saturated carbocycles. The number of hydrogen-bond acceptors (Lipinski definition) is 3.